The third kappa shape index (κ3) is 5.48. The van der Waals surface area contributed by atoms with Gasteiger partial charge in [-0.15, -0.1) is 0 Å². The van der Waals surface area contributed by atoms with Gasteiger partial charge in [0.05, 0.1) is 17.4 Å². The molecule has 4 nitrogen and oxygen atoms in total. The zero-order valence-electron chi connectivity index (χ0n) is 11.6. The van der Waals surface area contributed by atoms with Gasteiger partial charge in [-0.2, -0.15) is 0 Å². The molecule has 0 radical (unpaired) electrons. The molecule has 0 heterocycles. The number of ether oxygens (including phenoxy) is 1. The quantitative estimate of drug-likeness (QED) is 0.740. The fourth-order valence-electron chi connectivity index (χ4n) is 1.69. The highest BCUT2D eigenvalue weighted by molar-refractivity contribution is 7.91. The molecule has 0 saturated heterocycles. The first-order valence-electron chi connectivity index (χ1n) is 6.35. The summed E-state index contributed by atoms with van der Waals surface area (Å²) in [6, 6.07) is 3.39. The zero-order valence-corrected chi connectivity index (χ0v) is 13.9. The Bertz CT molecular complexity index is 547. The van der Waals surface area contributed by atoms with E-state index in [1.54, 1.807) is 19.1 Å². The van der Waals surface area contributed by atoms with Gasteiger partial charge in [-0.1, -0.05) is 30.1 Å². The average molecular weight is 340 g/mol. The van der Waals surface area contributed by atoms with Gasteiger partial charge in [0.15, 0.2) is 0 Å². The van der Waals surface area contributed by atoms with Gasteiger partial charge in [0.25, 0.3) is 0 Å². The van der Waals surface area contributed by atoms with E-state index in [4.69, 9.17) is 27.9 Å². The van der Waals surface area contributed by atoms with Crippen molar-refractivity contribution in [3.8, 4) is 5.75 Å². The van der Waals surface area contributed by atoms with Crippen LogP contribution in [0.2, 0.25) is 10.0 Å². The van der Waals surface area contributed by atoms with Crippen LogP contribution in [0.3, 0.4) is 0 Å². The molecule has 0 atom stereocenters. The van der Waals surface area contributed by atoms with E-state index in [-0.39, 0.29) is 11.5 Å². The Morgan fingerprint density at radius 3 is 2.60 bits per heavy atom. The Labute approximate surface area is 130 Å². The van der Waals surface area contributed by atoms with Crippen LogP contribution < -0.4 is 10.1 Å². The van der Waals surface area contributed by atoms with Crippen molar-refractivity contribution in [2.24, 2.45) is 0 Å². The maximum atomic E-state index is 11.4. The smallest absolute Gasteiger partial charge is 0.150 e. The molecule has 0 aliphatic heterocycles. The minimum absolute atomic E-state index is 0.121. The Hall–Kier alpha value is -0.490. The molecule has 0 aromatic heterocycles. The second kappa shape index (κ2) is 8.08. The van der Waals surface area contributed by atoms with Crippen molar-refractivity contribution < 1.29 is 13.2 Å². The van der Waals surface area contributed by atoms with Crippen molar-refractivity contribution in [3.05, 3.63) is 27.7 Å². The molecule has 0 aliphatic carbocycles. The van der Waals surface area contributed by atoms with Crippen LogP contribution in [0.15, 0.2) is 12.1 Å². The highest BCUT2D eigenvalue weighted by Crippen LogP contribution is 2.32. The van der Waals surface area contributed by atoms with Crippen molar-refractivity contribution in [3.63, 3.8) is 0 Å². The van der Waals surface area contributed by atoms with Crippen molar-refractivity contribution >= 4 is 33.0 Å². The maximum absolute atomic E-state index is 11.4. The number of nitrogens with one attached hydrogen (secondary N) is 1. The minimum Gasteiger partial charge on any atom is -0.492 e. The highest BCUT2D eigenvalue weighted by atomic mass is 35.5. The summed E-state index contributed by atoms with van der Waals surface area (Å²) in [7, 11) is -1.15. The topological polar surface area (TPSA) is 55.4 Å². The lowest BCUT2D eigenvalue weighted by Gasteiger charge is -2.13. The fraction of sp³-hybridized carbons (Fsp3) is 0.538. The highest BCUT2D eigenvalue weighted by Gasteiger charge is 2.11. The lowest BCUT2D eigenvalue weighted by molar-refractivity contribution is 0.314. The van der Waals surface area contributed by atoms with E-state index in [0.717, 1.165) is 5.56 Å². The molecule has 0 amide bonds. The van der Waals surface area contributed by atoms with Crippen LogP contribution in [0, 0.1) is 0 Å². The first-order valence-corrected chi connectivity index (χ1v) is 8.93. The summed E-state index contributed by atoms with van der Waals surface area (Å²) < 4.78 is 28.4. The zero-order chi connectivity index (χ0) is 15.2. The lowest BCUT2D eigenvalue weighted by Crippen LogP contribution is -2.13. The SMILES string of the molecule is CCS(=O)(=O)CCCOc1c(Cl)cc(Cl)cc1CNC. The van der Waals surface area contributed by atoms with Gasteiger partial charge in [0.1, 0.15) is 15.6 Å². The standard InChI is InChI=1S/C13H19Cl2NO3S/c1-3-20(17,18)6-4-5-19-13-10(9-16-2)7-11(14)8-12(13)15/h7-8,16H,3-6,9H2,1-2H3. The van der Waals surface area contributed by atoms with Crippen molar-refractivity contribution in [1.29, 1.82) is 0 Å². The van der Waals surface area contributed by atoms with Crippen LogP contribution in [0.4, 0.5) is 0 Å². The molecule has 7 heteroatoms. The average Bonchev–Trinajstić information content (AvgIpc) is 2.37. The molecule has 0 fully saturated rings. The third-order valence-electron chi connectivity index (χ3n) is 2.74. The molecular weight excluding hydrogens is 321 g/mol. The summed E-state index contributed by atoms with van der Waals surface area (Å²) in [5.74, 6) is 0.829. The summed E-state index contributed by atoms with van der Waals surface area (Å²) in [5, 5.41) is 3.98. The van der Waals surface area contributed by atoms with E-state index >= 15 is 0 Å². The number of hydrogen-bond donors (Lipinski definition) is 1. The van der Waals surface area contributed by atoms with Gasteiger partial charge in [-0.3, -0.25) is 0 Å². The normalized spacial score (nSPS) is 11.6. The number of halogens is 2. The van der Waals surface area contributed by atoms with Gasteiger partial charge in [-0.25, -0.2) is 8.42 Å². The van der Waals surface area contributed by atoms with E-state index in [1.165, 1.54) is 0 Å². The monoisotopic (exact) mass is 339 g/mol. The molecule has 1 aromatic rings. The van der Waals surface area contributed by atoms with E-state index < -0.39 is 9.84 Å². The first-order chi connectivity index (χ1) is 9.39. The van der Waals surface area contributed by atoms with Gasteiger partial charge in [-0.05, 0) is 25.6 Å². The first kappa shape index (κ1) is 17.6. The molecular formula is C13H19Cl2NO3S. The van der Waals surface area contributed by atoms with Crippen LogP contribution in [0.5, 0.6) is 5.75 Å². The third-order valence-corrected chi connectivity index (χ3v) is 5.03. The molecule has 0 aliphatic rings. The van der Waals surface area contributed by atoms with E-state index in [0.29, 0.717) is 35.4 Å². The molecule has 0 bridgehead atoms. The van der Waals surface area contributed by atoms with Crippen molar-refractivity contribution in [2.75, 3.05) is 25.2 Å². The van der Waals surface area contributed by atoms with Gasteiger partial charge in [0, 0.05) is 22.9 Å². The fourth-order valence-corrected chi connectivity index (χ4v) is 3.13. The second-order valence-corrected chi connectivity index (χ2v) is 7.66. The summed E-state index contributed by atoms with van der Waals surface area (Å²) in [4.78, 5) is 0. The van der Waals surface area contributed by atoms with Crippen molar-refractivity contribution in [1.82, 2.24) is 5.32 Å². The van der Waals surface area contributed by atoms with E-state index in [9.17, 15) is 8.42 Å². The Kier molecular flexibility index (Phi) is 7.09. The van der Waals surface area contributed by atoms with Crippen LogP contribution >= 0.6 is 23.2 Å². The van der Waals surface area contributed by atoms with Crippen LogP contribution in [0.25, 0.3) is 0 Å². The summed E-state index contributed by atoms with van der Waals surface area (Å²) in [5.41, 5.74) is 0.850. The van der Waals surface area contributed by atoms with Gasteiger partial charge < -0.3 is 10.1 Å². The molecule has 114 valence electrons. The van der Waals surface area contributed by atoms with Crippen LogP contribution in [0.1, 0.15) is 18.9 Å². The Morgan fingerprint density at radius 1 is 1.30 bits per heavy atom. The summed E-state index contributed by atoms with van der Waals surface area (Å²) in [6.45, 7) is 2.51. The second-order valence-electron chi connectivity index (χ2n) is 4.34. The number of rotatable bonds is 8. The van der Waals surface area contributed by atoms with Gasteiger partial charge >= 0.3 is 0 Å². The Balaban J connectivity index is 2.68. The van der Waals surface area contributed by atoms with E-state index in [2.05, 4.69) is 5.32 Å². The predicted octanol–water partition coefficient (Wildman–Crippen LogP) is 2.92. The maximum Gasteiger partial charge on any atom is 0.150 e. The Morgan fingerprint density at radius 2 is 2.00 bits per heavy atom. The van der Waals surface area contributed by atoms with Gasteiger partial charge in [0.2, 0.25) is 0 Å². The van der Waals surface area contributed by atoms with E-state index in [1.807, 2.05) is 7.05 Å². The predicted molar refractivity (Wildman–Crippen MR) is 83.7 cm³/mol. The summed E-state index contributed by atoms with van der Waals surface area (Å²) >= 11 is 12.1. The molecule has 0 saturated carbocycles. The molecule has 0 spiro atoms. The number of sulfone groups is 1. The lowest BCUT2D eigenvalue weighted by atomic mass is 10.2. The van der Waals surface area contributed by atoms with Crippen molar-refractivity contribution in [2.45, 2.75) is 19.9 Å². The molecule has 1 rings (SSSR count). The largest absolute Gasteiger partial charge is 0.492 e. The number of hydrogen-bond acceptors (Lipinski definition) is 4. The summed E-state index contributed by atoms with van der Waals surface area (Å²) in [6.07, 6.45) is 0.439. The molecule has 0 unspecified atom stereocenters. The molecule has 20 heavy (non-hydrogen) atoms. The molecule has 1 aromatic carbocycles. The van der Waals surface area contributed by atoms with Crippen LogP contribution in [-0.4, -0.2) is 33.6 Å². The number of benzene rings is 1. The van der Waals surface area contributed by atoms with Crippen LogP contribution in [-0.2, 0) is 16.4 Å². The minimum atomic E-state index is -2.96. The molecule has 1 N–H and O–H groups in total.